The van der Waals surface area contributed by atoms with Gasteiger partial charge in [0, 0.05) is 18.7 Å². The highest BCUT2D eigenvalue weighted by Gasteiger charge is 2.15. The molecular formula is C22H25N5O. The number of para-hydroxylation sites is 2. The average molecular weight is 375 g/mol. The summed E-state index contributed by atoms with van der Waals surface area (Å²) in [4.78, 5) is 19.1. The average Bonchev–Trinajstić information content (AvgIpc) is 3.08. The first-order chi connectivity index (χ1) is 13.8. The maximum absolute atomic E-state index is 12.8. The van der Waals surface area contributed by atoms with Crippen molar-refractivity contribution in [2.24, 2.45) is 0 Å². The molecule has 6 heteroatoms. The molecule has 0 spiro atoms. The van der Waals surface area contributed by atoms with Crippen LogP contribution < -0.4 is 10.2 Å². The summed E-state index contributed by atoms with van der Waals surface area (Å²) in [6.07, 6.45) is 8.17. The Morgan fingerprint density at radius 3 is 2.43 bits per heavy atom. The fourth-order valence-electron chi connectivity index (χ4n) is 3.62. The molecule has 6 nitrogen and oxygen atoms in total. The standard InChI is InChI=1S/C22H25N5O/c28-22(19-11-9-18(10-12-19)15-27-17-23-16-24-27)25-20-7-3-4-8-21(20)26-13-5-1-2-6-14-26/h3-4,7-12,16-17H,1-2,5-6,13-15H2,(H,25,28). The fraction of sp³-hybridized carbons (Fsp3) is 0.318. The molecule has 0 saturated carbocycles. The second-order valence-electron chi connectivity index (χ2n) is 7.16. The van der Waals surface area contributed by atoms with Crippen molar-refractivity contribution in [3.05, 3.63) is 72.3 Å². The Hall–Kier alpha value is -3.15. The minimum atomic E-state index is -0.0884. The Bertz CT molecular complexity index is 897. The van der Waals surface area contributed by atoms with Crippen molar-refractivity contribution in [3.63, 3.8) is 0 Å². The number of nitrogens with zero attached hydrogens (tertiary/aromatic N) is 4. The first kappa shape index (κ1) is 18.2. The molecule has 2 aromatic carbocycles. The molecule has 1 N–H and O–H groups in total. The van der Waals surface area contributed by atoms with Crippen LogP contribution in [0.15, 0.2) is 61.2 Å². The lowest BCUT2D eigenvalue weighted by Gasteiger charge is -2.25. The third kappa shape index (κ3) is 4.39. The monoisotopic (exact) mass is 375 g/mol. The van der Waals surface area contributed by atoms with E-state index in [1.165, 1.54) is 32.0 Å². The number of rotatable bonds is 5. The van der Waals surface area contributed by atoms with Crippen molar-refractivity contribution in [2.45, 2.75) is 32.2 Å². The molecular weight excluding hydrogens is 350 g/mol. The summed E-state index contributed by atoms with van der Waals surface area (Å²) in [5.74, 6) is -0.0884. The van der Waals surface area contributed by atoms with Gasteiger partial charge in [0.15, 0.2) is 0 Å². The lowest BCUT2D eigenvalue weighted by Crippen LogP contribution is -2.25. The van der Waals surface area contributed by atoms with E-state index in [0.29, 0.717) is 12.1 Å². The van der Waals surface area contributed by atoms with E-state index < -0.39 is 0 Å². The zero-order chi connectivity index (χ0) is 19.2. The molecule has 0 unspecified atom stereocenters. The summed E-state index contributed by atoms with van der Waals surface area (Å²) in [5, 5.41) is 7.21. The van der Waals surface area contributed by atoms with Crippen LogP contribution >= 0.6 is 0 Å². The summed E-state index contributed by atoms with van der Waals surface area (Å²) in [7, 11) is 0. The quantitative estimate of drug-likeness (QED) is 0.733. The maximum Gasteiger partial charge on any atom is 0.255 e. The van der Waals surface area contributed by atoms with Gasteiger partial charge in [0.05, 0.1) is 17.9 Å². The first-order valence-corrected chi connectivity index (χ1v) is 9.86. The molecule has 3 aromatic rings. The van der Waals surface area contributed by atoms with Crippen molar-refractivity contribution in [2.75, 3.05) is 23.3 Å². The molecule has 4 rings (SSSR count). The minimum Gasteiger partial charge on any atom is -0.370 e. The summed E-state index contributed by atoms with van der Waals surface area (Å²) < 4.78 is 1.76. The highest BCUT2D eigenvalue weighted by Crippen LogP contribution is 2.28. The van der Waals surface area contributed by atoms with Crippen molar-refractivity contribution in [1.29, 1.82) is 0 Å². The van der Waals surface area contributed by atoms with Crippen molar-refractivity contribution in [3.8, 4) is 0 Å². The molecule has 1 fully saturated rings. The molecule has 1 aliphatic heterocycles. The molecule has 2 heterocycles. The molecule has 1 aliphatic rings. The topological polar surface area (TPSA) is 63.1 Å². The van der Waals surface area contributed by atoms with Gasteiger partial charge in [0.2, 0.25) is 0 Å². The van der Waals surface area contributed by atoms with Crippen LogP contribution in [0, 0.1) is 0 Å². The van der Waals surface area contributed by atoms with E-state index in [9.17, 15) is 4.79 Å². The van der Waals surface area contributed by atoms with Crippen molar-refractivity contribution < 1.29 is 4.79 Å². The van der Waals surface area contributed by atoms with Crippen LogP contribution in [0.25, 0.3) is 0 Å². The van der Waals surface area contributed by atoms with Gasteiger partial charge in [-0.15, -0.1) is 0 Å². The van der Waals surface area contributed by atoms with Crippen LogP contribution in [0.1, 0.15) is 41.6 Å². The van der Waals surface area contributed by atoms with Crippen LogP contribution in [0.2, 0.25) is 0 Å². The van der Waals surface area contributed by atoms with Gasteiger partial charge in [-0.05, 0) is 42.7 Å². The van der Waals surface area contributed by atoms with Crippen LogP contribution in [-0.2, 0) is 6.54 Å². The molecule has 28 heavy (non-hydrogen) atoms. The largest absolute Gasteiger partial charge is 0.370 e. The Labute approximate surface area is 165 Å². The van der Waals surface area contributed by atoms with Gasteiger partial charge in [-0.25, -0.2) is 9.67 Å². The van der Waals surface area contributed by atoms with Crippen LogP contribution in [0.4, 0.5) is 11.4 Å². The number of benzene rings is 2. The first-order valence-electron chi connectivity index (χ1n) is 9.86. The summed E-state index contributed by atoms with van der Waals surface area (Å²) in [5.41, 5.74) is 3.71. The van der Waals surface area contributed by atoms with E-state index in [4.69, 9.17) is 0 Å². The zero-order valence-electron chi connectivity index (χ0n) is 15.9. The predicted molar refractivity (Wildman–Crippen MR) is 111 cm³/mol. The molecule has 0 atom stereocenters. The normalized spacial score (nSPS) is 14.5. The molecule has 1 saturated heterocycles. The van der Waals surface area contributed by atoms with E-state index >= 15 is 0 Å². The Kier molecular flexibility index (Phi) is 5.66. The lowest BCUT2D eigenvalue weighted by molar-refractivity contribution is 0.102. The number of anilines is 2. The maximum atomic E-state index is 12.8. The zero-order valence-corrected chi connectivity index (χ0v) is 15.9. The highest BCUT2D eigenvalue weighted by atomic mass is 16.1. The SMILES string of the molecule is O=C(Nc1ccccc1N1CCCCCC1)c1ccc(Cn2cncn2)cc1. The van der Waals surface area contributed by atoms with Gasteiger partial charge in [-0.1, -0.05) is 37.1 Å². The summed E-state index contributed by atoms with van der Waals surface area (Å²) >= 11 is 0. The van der Waals surface area contributed by atoms with Gasteiger partial charge in [0.1, 0.15) is 12.7 Å². The molecule has 1 amide bonds. The number of hydrogen-bond acceptors (Lipinski definition) is 4. The molecule has 0 radical (unpaired) electrons. The lowest BCUT2D eigenvalue weighted by atomic mass is 10.1. The van der Waals surface area contributed by atoms with E-state index in [-0.39, 0.29) is 5.91 Å². The van der Waals surface area contributed by atoms with E-state index in [1.807, 2.05) is 42.5 Å². The molecule has 144 valence electrons. The molecule has 0 bridgehead atoms. The highest BCUT2D eigenvalue weighted by molar-refractivity contribution is 6.06. The number of aromatic nitrogens is 3. The predicted octanol–water partition coefficient (Wildman–Crippen LogP) is 3.96. The van der Waals surface area contributed by atoms with Gasteiger partial charge in [-0.2, -0.15) is 5.10 Å². The molecule has 1 aromatic heterocycles. The van der Waals surface area contributed by atoms with Gasteiger partial charge in [-0.3, -0.25) is 4.79 Å². The Balaban J connectivity index is 1.46. The van der Waals surface area contributed by atoms with Gasteiger partial charge in [0.25, 0.3) is 5.91 Å². The van der Waals surface area contributed by atoms with E-state index in [2.05, 4.69) is 26.4 Å². The third-order valence-corrected chi connectivity index (χ3v) is 5.13. The number of hydrogen-bond donors (Lipinski definition) is 1. The molecule has 0 aliphatic carbocycles. The minimum absolute atomic E-state index is 0.0884. The van der Waals surface area contributed by atoms with Crippen molar-refractivity contribution in [1.82, 2.24) is 14.8 Å². The Morgan fingerprint density at radius 1 is 0.964 bits per heavy atom. The van der Waals surface area contributed by atoms with Crippen LogP contribution in [-0.4, -0.2) is 33.8 Å². The summed E-state index contributed by atoms with van der Waals surface area (Å²) in [6, 6.07) is 15.7. The number of nitrogens with one attached hydrogen (secondary N) is 1. The van der Waals surface area contributed by atoms with Gasteiger partial charge < -0.3 is 10.2 Å². The smallest absolute Gasteiger partial charge is 0.255 e. The van der Waals surface area contributed by atoms with Gasteiger partial charge >= 0.3 is 0 Å². The second-order valence-corrected chi connectivity index (χ2v) is 7.16. The number of amides is 1. The van der Waals surface area contributed by atoms with Crippen LogP contribution in [0.3, 0.4) is 0 Å². The van der Waals surface area contributed by atoms with E-state index in [1.54, 1.807) is 11.0 Å². The number of carbonyl (C=O) groups excluding carboxylic acids is 1. The number of carbonyl (C=O) groups is 1. The third-order valence-electron chi connectivity index (χ3n) is 5.13. The summed E-state index contributed by atoms with van der Waals surface area (Å²) in [6.45, 7) is 2.73. The fourth-order valence-corrected chi connectivity index (χ4v) is 3.62. The second kappa shape index (κ2) is 8.69. The van der Waals surface area contributed by atoms with Crippen LogP contribution in [0.5, 0.6) is 0 Å². The van der Waals surface area contributed by atoms with E-state index in [0.717, 1.165) is 30.0 Å². The Morgan fingerprint density at radius 2 is 1.71 bits per heavy atom. The van der Waals surface area contributed by atoms with Crippen molar-refractivity contribution >= 4 is 17.3 Å².